The van der Waals surface area contributed by atoms with Gasteiger partial charge in [0.15, 0.2) is 17.3 Å². The van der Waals surface area contributed by atoms with Gasteiger partial charge in [-0.25, -0.2) is 0 Å². The molecule has 0 aromatic carbocycles. The molecule has 0 spiro atoms. The maximum absolute atomic E-state index is 10.3. The van der Waals surface area contributed by atoms with Gasteiger partial charge in [0.1, 0.15) is 0 Å². The fourth-order valence-corrected chi connectivity index (χ4v) is 0.744. The molecule has 6 nitrogen and oxygen atoms in total. The smallest absolute Gasteiger partial charge is 0.875 e. The molecule has 0 aliphatic carbocycles. The van der Waals surface area contributed by atoms with Crippen molar-refractivity contribution in [2.75, 3.05) is 0 Å². The summed E-state index contributed by atoms with van der Waals surface area (Å²) >= 11 is 8.47. The molecular formula is C15H18Br3O6Ru. The summed E-state index contributed by atoms with van der Waals surface area (Å²) in [5.74, 6) is -1.35. The van der Waals surface area contributed by atoms with E-state index >= 15 is 0 Å². The summed E-state index contributed by atoms with van der Waals surface area (Å²) in [5.41, 5.74) is 0. The first kappa shape index (κ1) is 32.4. The van der Waals surface area contributed by atoms with Crippen LogP contribution >= 0.6 is 47.8 Å². The Morgan fingerprint density at radius 1 is 0.520 bits per heavy atom. The molecule has 0 fully saturated rings. The molecule has 0 aromatic rings. The van der Waals surface area contributed by atoms with E-state index in [0.29, 0.717) is 0 Å². The molecule has 0 bridgehead atoms. The summed E-state index contributed by atoms with van der Waals surface area (Å²) in [6, 6.07) is 0. The van der Waals surface area contributed by atoms with Crippen molar-refractivity contribution in [1.82, 2.24) is 0 Å². The van der Waals surface area contributed by atoms with Crippen molar-refractivity contribution in [3.8, 4) is 0 Å². The molecule has 0 heterocycles. The molecule has 0 saturated carbocycles. The standard InChI is InChI=1S/3C5H7BrO2.Ru/c3*1-3(7)5(6)4(2)8;/h3*7H,1-2H3;/q;;;+3/p-3/b3*5-3+;. The summed E-state index contributed by atoms with van der Waals surface area (Å²) in [6.07, 6.45) is 0. The molecule has 0 aliphatic heterocycles. The Hall–Kier alpha value is -0.307. The predicted octanol–water partition coefficient (Wildman–Crippen LogP) is 1.68. The quantitative estimate of drug-likeness (QED) is 0.265. The largest absolute Gasteiger partial charge is 3.00 e. The molecule has 0 rings (SSSR count). The Kier molecular flexibility index (Phi) is 22.2. The van der Waals surface area contributed by atoms with Crippen molar-refractivity contribution in [2.24, 2.45) is 0 Å². The molecule has 0 aliphatic rings. The monoisotopic (exact) mass is 633 g/mol. The minimum Gasteiger partial charge on any atom is -0.875 e. The number of Topliss-reactive ketones (excluding diaryl/α,β-unsaturated/α-hetero) is 3. The topological polar surface area (TPSA) is 120 Å². The van der Waals surface area contributed by atoms with Gasteiger partial charge in [0, 0.05) is 13.4 Å². The number of ketones is 3. The van der Waals surface area contributed by atoms with E-state index in [1.54, 1.807) is 0 Å². The van der Waals surface area contributed by atoms with Crippen LogP contribution in [0.1, 0.15) is 41.5 Å². The molecule has 0 atom stereocenters. The van der Waals surface area contributed by atoms with Crippen LogP contribution < -0.4 is 15.3 Å². The minimum absolute atomic E-state index is 0. The first-order valence-electron chi connectivity index (χ1n) is 6.29. The molecule has 0 unspecified atom stereocenters. The van der Waals surface area contributed by atoms with Gasteiger partial charge in [0.05, 0.1) is 0 Å². The van der Waals surface area contributed by atoms with Gasteiger partial charge in [-0.3, -0.25) is 14.4 Å². The number of carbonyl (C=O) groups is 3. The number of rotatable bonds is 3. The second kappa shape index (κ2) is 17.1. The van der Waals surface area contributed by atoms with Crippen LogP contribution in [0.2, 0.25) is 0 Å². The number of carbonyl (C=O) groups excluding carboxylic acids is 3. The van der Waals surface area contributed by atoms with Gasteiger partial charge in [-0.1, -0.05) is 20.8 Å². The van der Waals surface area contributed by atoms with Crippen molar-refractivity contribution in [3.05, 3.63) is 30.7 Å². The zero-order valence-electron chi connectivity index (χ0n) is 14.4. The third-order valence-corrected chi connectivity index (χ3v) is 5.20. The van der Waals surface area contributed by atoms with Crippen molar-refractivity contribution >= 4 is 65.1 Å². The molecule has 0 amide bonds. The molecule has 143 valence electrons. The van der Waals surface area contributed by atoms with Crippen LogP contribution in [0.4, 0.5) is 0 Å². The van der Waals surface area contributed by atoms with Crippen LogP contribution in [0.3, 0.4) is 0 Å². The Morgan fingerprint density at radius 2 is 0.640 bits per heavy atom. The second-order valence-corrected chi connectivity index (χ2v) is 6.66. The molecular weight excluding hydrogens is 617 g/mol. The second-order valence-electron chi connectivity index (χ2n) is 4.28. The average molecular weight is 635 g/mol. The molecule has 1 radical (unpaired) electrons. The van der Waals surface area contributed by atoms with Crippen molar-refractivity contribution < 1.29 is 49.2 Å². The average Bonchev–Trinajstić information content (AvgIpc) is 2.45. The van der Waals surface area contributed by atoms with Gasteiger partial charge in [0.25, 0.3) is 0 Å². The molecule has 0 aromatic heterocycles. The van der Waals surface area contributed by atoms with Gasteiger partial charge >= 0.3 is 19.5 Å². The van der Waals surface area contributed by atoms with Crippen LogP contribution in [0, 0.1) is 0 Å². The Morgan fingerprint density at radius 3 is 0.640 bits per heavy atom. The van der Waals surface area contributed by atoms with Crippen LogP contribution in [0.25, 0.3) is 0 Å². The van der Waals surface area contributed by atoms with E-state index in [-0.39, 0.29) is 67.6 Å². The number of hydrogen-bond acceptors (Lipinski definition) is 6. The van der Waals surface area contributed by atoms with Crippen molar-refractivity contribution in [2.45, 2.75) is 41.5 Å². The summed E-state index contributed by atoms with van der Waals surface area (Å²) in [5, 5.41) is 30.8. The first-order valence-corrected chi connectivity index (χ1v) is 8.67. The van der Waals surface area contributed by atoms with E-state index < -0.39 is 0 Å². The van der Waals surface area contributed by atoms with Crippen LogP contribution in [-0.4, -0.2) is 17.3 Å². The van der Waals surface area contributed by atoms with Crippen molar-refractivity contribution in [1.29, 1.82) is 0 Å². The summed E-state index contributed by atoms with van der Waals surface area (Å²) in [6.45, 7) is 8.03. The number of halogens is 3. The van der Waals surface area contributed by atoms with E-state index in [1.807, 2.05) is 0 Å². The SMILES string of the molecule is CC(=O)/C(Br)=C(/C)[O-].CC(=O)/C(Br)=C(/C)[O-].CC(=O)/C(Br)=C(/C)[O-].[Ru+3]. The summed E-state index contributed by atoms with van der Waals surface area (Å²) in [7, 11) is 0. The minimum atomic E-state index is -0.225. The zero-order valence-corrected chi connectivity index (χ0v) is 20.9. The van der Waals surface area contributed by atoms with Crippen molar-refractivity contribution in [3.63, 3.8) is 0 Å². The normalized spacial score (nSPS) is 12.4. The van der Waals surface area contributed by atoms with Gasteiger partial charge in [-0.15, -0.1) is 17.3 Å². The Balaban J connectivity index is -0.000000130. The fraction of sp³-hybridized carbons (Fsp3) is 0.400. The van der Waals surface area contributed by atoms with Gasteiger partial charge in [-0.2, -0.15) is 0 Å². The molecule has 10 heteroatoms. The number of allylic oxidation sites excluding steroid dienone is 6. The van der Waals surface area contributed by atoms with E-state index in [2.05, 4.69) is 47.8 Å². The van der Waals surface area contributed by atoms with Crippen LogP contribution in [0.5, 0.6) is 0 Å². The third kappa shape index (κ3) is 19.9. The Bertz CT molecular complexity index is 487. The maximum Gasteiger partial charge on any atom is 3.00 e. The number of hydrogen-bond donors (Lipinski definition) is 0. The van der Waals surface area contributed by atoms with E-state index in [0.717, 1.165) is 0 Å². The fourth-order valence-electron chi connectivity index (χ4n) is 0.744. The molecule has 25 heavy (non-hydrogen) atoms. The zero-order chi connectivity index (χ0) is 20.2. The van der Waals surface area contributed by atoms with Gasteiger partial charge in [0.2, 0.25) is 0 Å². The van der Waals surface area contributed by atoms with Gasteiger partial charge < -0.3 is 15.3 Å². The Labute approximate surface area is 185 Å². The van der Waals surface area contributed by atoms with E-state index in [1.165, 1.54) is 41.5 Å². The summed E-state index contributed by atoms with van der Waals surface area (Å²) < 4.78 is 0.410. The van der Waals surface area contributed by atoms with Crippen LogP contribution in [0.15, 0.2) is 30.7 Å². The maximum atomic E-state index is 10.3. The van der Waals surface area contributed by atoms with Gasteiger partial charge in [-0.05, 0) is 68.6 Å². The molecule has 0 saturated heterocycles. The first-order chi connectivity index (χ1) is 10.7. The van der Waals surface area contributed by atoms with E-state index in [9.17, 15) is 29.7 Å². The van der Waals surface area contributed by atoms with Crippen LogP contribution in [-0.2, 0) is 33.9 Å². The van der Waals surface area contributed by atoms with E-state index in [4.69, 9.17) is 0 Å². The molecule has 0 N–H and O–H groups in total. The summed E-state index contributed by atoms with van der Waals surface area (Å²) in [4.78, 5) is 30.8. The predicted molar refractivity (Wildman–Crippen MR) is 96.9 cm³/mol. The third-order valence-electron chi connectivity index (χ3n) is 1.85.